The molecule has 0 aromatic carbocycles. The monoisotopic (exact) mass is 243 g/mol. The third-order valence-corrected chi connectivity index (χ3v) is 3.80. The van der Waals surface area contributed by atoms with Crippen molar-refractivity contribution in [2.24, 2.45) is 0 Å². The van der Waals surface area contributed by atoms with Crippen LogP contribution in [0.5, 0.6) is 0 Å². The number of rotatable bonds is 9. The lowest BCUT2D eigenvalue weighted by molar-refractivity contribution is 0.135. The molecule has 2 N–H and O–H groups in total. The van der Waals surface area contributed by atoms with E-state index in [1.54, 1.807) is 0 Å². The number of aliphatic hydroxyl groups is 2. The Hall–Kier alpha value is -0.120. The van der Waals surface area contributed by atoms with Gasteiger partial charge in [0.1, 0.15) is 0 Å². The maximum atomic E-state index is 8.97. The molecule has 0 aromatic rings. The molecule has 1 rings (SSSR count). The fourth-order valence-corrected chi connectivity index (χ4v) is 2.79. The molecule has 102 valence electrons. The van der Waals surface area contributed by atoms with Crippen LogP contribution in [0.2, 0.25) is 0 Å². The standard InChI is InChI=1S/C14H29NO2/c16-12-6-1-3-8-14(9-7-13-17)15-10-4-2-5-11-15/h14,16-17H,1-13H2. The molecule has 3 nitrogen and oxygen atoms in total. The Morgan fingerprint density at radius 2 is 1.41 bits per heavy atom. The first-order valence-electron chi connectivity index (χ1n) is 7.34. The van der Waals surface area contributed by atoms with Crippen LogP contribution in [0.3, 0.4) is 0 Å². The minimum atomic E-state index is 0.320. The minimum absolute atomic E-state index is 0.320. The molecule has 1 atom stereocenters. The summed E-state index contributed by atoms with van der Waals surface area (Å²) in [6.07, 6.45) is 10.7. The number of nitrogens with zero attached hydrogens (tertiary/aromatic N) is 1. The van der Waals surface area contributed by atoms with E-state index in [-0.39, 0.29) is 0 Å². The van der Waals surface area contributed by atoms with Crippen molar-refractivity contribution in [2.45, 2.75) is 63.8 Å². The summed E-state index contributed by atoms with van der Waals surface area (Å²) in [5.74, 6) is 0. The summed E-state index contributed by atoms with van der Waals surface area (Å²) in [5.41, 5.74) is 0. The van der Waals surface area contributed by atoms with Gasteiger partial charge in [0.2, 0.25) is 0 Å². The lowest BCUT2D eigenvalue weighted by atomic mass is 9.99. The summed E-state index contributed by atoms with van der Waals surface area (Å²) >= 11 is 0. The molecular formula is C14H29NO2. The first kappa shape index (κ1) is 14.9. The van der Waals surface area contributed by atoms with Crippen LogP contribution in [0.25, 0.3) is 0 Å². The van der Waals surface area contributed by atoms with Gasteiger partial charge in [0.25, 0.3) is 0 Å². The zero-order chi connectivity index (χ0) is 12.3. The molecule has 0 aromatic heterocycles. The second kappa shape index (κ2) is 9.86. The molecule has 1 aliphatic heterocycles. The van der Waals surface area contributed by atoms with Gasteiger partial charge in [-0.1, -0.05) is 19.3 Å². The van der Waals surface area contributed by atoms with Gasteiger partial charge in [0, 0.05) is 19.3 Å². The molecule has 0 saturated carbocycles. The molecule has 0 bridgehead atoms. The number of likely N-dealkylation sites (tertiary alicyclic amines) is 1. The van der Waals surface area contributed by atoms with Crippen LogP contribution in [-0.4, -0.2) is 47.5 Å². The predicted octanol–water partition coefficient (Wildman–Crippen LogP) is 2.17. The van der Waals surface area contributed by atoms with Crippen LogP contribution in [-0.2, 0) is 0 Å². The second-order valence-electron chi connectivity index (χ2n) is 5.19. The van der Waals surface area contributed by atoms with Crippen LogP contribution in [0, 0.1) is 0 Å². The van der Waals surface area contributed by atoms with Crippen LogP contribution in [0.4, 0.5) is 0 Å². The molecule has 0 amide bonds. The quantitative estimate of drug-likeness (QED) is 0.610. The number of aliphatic hydroxyl groups excluding tert-OH is 2. The topological polar surface area (TPSA) is 43.7 Å². The van der Waals surface area contributed by atoms with Crippen LogP contribution in [0.1, 0.15) is 57.8 Å². The van der Waals surface area contributed by atoms with Crippen molar-refractivity contribution in [1.29, 1.82) is 0 Å². The summed E-state index contributed by atoms with van der Waals surface area (Å²) in [6.45, 7) is 3.14. The number of hydrogen-bond acceptors (Lipinski definition) is 3. The second-order valence-corrected chi connectivity index (χ2v) is 5.19. The van der Waals surface area contributed by atoms with E-state index in [0.717, 1.165) is 25.7 Å². The number of hydrogen-bond donors (Lipinski definition) is 2. The molecule has 0 aliphatic carbocycles. The van der Waals surface area contributed by atoms with Crippen molar-refractivity contribution in [1.82, 2.24) is 4.90 Å². The Labute approximate surface area is 106 Å². The maximum absolute atomic E-state index is 8.97. The minimum Gasteiger partial charge on any atom is -0.396 e. The zero-order valence-corrected chi connectivity index (χ0v) is 11.1. The highest BCUT2D eigenvalue weighted by Gasteiger charge is 2.19. The summed E-state index contributed by atoms with van der Waals surface area (Å²) < 4.78 is 0. The average Bonchev–Trinajstić information content (AvgIpc) is 2.39. The fourth-order valence-electron chi connectivity index (χ4n) is 2.79. The zero-order valence-electron chi connectivity index (χ0n) is 11.1. The van der Waals surface area contributed by atoms with Crippen molar-refractivity contribution >= 4 is 0 Å². The first-order chi connectivity index (χ1) is 8.38. The van der Waals surface area contributed by atoms with Crippen LogP contribution in [0.15, 0.2) is 0 Å². The molecule has 1 heterocycles. The van der Waals surface area contributed by atoms with E-state index in [2.05, 4.69) is 4.90 Å². The van der Waals surface area contributed by atoms with E-state index in [1.165, 1.54) is 45.2 Å². The fraction of sp³-hybridized carbons (Fsp3) is 1.00. The SMILES string of the molecule is OCCCCCC(CCCO)N1CCCCC1. The van der Waals surface area contributed by atoms with Gasteiger partial charge in [-0.3, -0.25) is 0 Å². The van der Waals surface area contributed by atoms with Gasteiger partial charge < -0.3 is 15.1 Å². The molecule has 1 unspecified atom stereocenters. The van der Waals surface area contributed by atoms with Gasteiger partial charge >= 0.3 is 0 Å². The predicted molar refractivity (Wildman–Crippen MR) is 71.1 cm³/mol. The maximum Gasteiger partial charge on any atom is 0.0431 e. The van der Waals surface area contributed by atoms with Crippen LogP contribution >= 0.6 is 0 Å². The van der Waals surface area contributed by atoms with Gasteiger partial charge in [-0.05, 0) is 51.6 Å². The Morgan fingerprint density at radius 1 is 0.765 bits per heavy atom. The number of unbranched alkanes of at least 4 members (excludes halogenated alkanes) is 2. The summed E-state index contributed by atoms with van der Waals surface area (Å²) in [5, 5.41) is 17.7. The Balaban J connectivity index is 2.25. The van der Waals surface area contributed by atoms with Crippen molar-refractivity contribution < 1.29 is 10.2 Å². The lowest BCUT2D eigenvalue weighted by Crippen LogP contribution is -2.39. The molecule has 1 aliphatic rings. The van der Waals surface area contributed by atoms with Gasteiger partial charge in [0.05, 0.1) is 0 Å². The van der Waals surface area contributed by atoms with E-state index >= 15 is 0 Å². The van der Waals surface area contributed by atoms with Crippen LogP contribution < -0.4 is 0 Å². The summed E-state index contributed by atoms with van der Waals surface area (Å²) in [6, 6.07) is 0.668. The van der Waals surface area contributed by atoms with E-state index < -0.39 is 0 Å². The molecule has 0 spiro atoms. The van der Waals surface area contributed by atoms with Crippen molar-refractivity contribution in [2.75, 3.05) is 26.3 Å². The van der Waals surface area contributed by atoms with Crippen molar-refractivity contribution in [3.05, 3.63) is 0 Å². The molecule has 1 saturated heterocycles. The van der Waals surface area contributed by atoms with E-state index in [9.17, 15) is 0 Å². The highest BCUT2D eigenvalue weighted by molar-refractivity contribution is 4.75. The van der Waals surface area contributed by atoms with Gasteiger partial charge in [-0.25, -0.2) is 0 Å². The highest BCUT2D eigenvalue weighted by atomic mass is 16.3. The molecule has 0 radical (unpaired) electrons. The van der Waals surface area contributed by atoms with Gasteiger partial charge in [-0.2, -0.15) is 0 Å². The molecular weight excluding hydrogens is 214 g/mol. The van der Waals surface area contributed by atoms with Crippen molar-refractivity contribution in [3.8, 4) is 0 Å². The first-order valence-corrected chi connectivity index (χ1v) is 7.34. The van der Waals surface area contributed by atoms with Crippen molar-refractivity contribution in [3.63, 3.8) is 0 Å². The Morgan fingerprint density at radius 3 is 2.06 bits per heavy atom. The Bertz CT molecular complexity index is 170. The third-order valence-electron chi connectivity index (χ3n) is 3.80. The smallest absolute Gasteiger partial charge is 0.0431 e. The molecule has 3 heteroatoms. The number of piperidine rings is 1. The lowest BCUT2D eigenvalue weighted by Gasteiger charge is -2.34. The van der Waals surface area contributed by atoms with E-state index in [0.29, 0.717) is 19.3 Å². The van der Waals surface area contributed by atoms with Gasteiger partial charge in [-0.15, -0.1) is 0 Å². The van der Waals surface area contributed by atoms with Gasteiger partial charge in [0.15, 0.2) is 0 Å². The normalized spacial score (nSPS) is 19.4. The average molecular weight is 243 g/mol. The molecule has 17 heavy (non-hydrogen) atoms. The summed E-state index contributed by atoms with van der Waals surface area (Å²) in [7, 11) is 0. The molecule has 1 fully saturated rings. The Kier molecular flexibility index (Phi) is 8.67. The van der Waals surface area contributed by atoms with E-state index in [4.69, 9.17) is 10.2 Å². The summed E-state index contributed by atoms with van der Waals surface area (Å²) in [4.78, 5) is 2.62. The van der Waals surface area contributed by atoms with E-state index in [1.807, 2.05) is 0 Å². The highest BCUT2D eigenvalue weighted by Crippen LogP contribution is 2.20. The largest absolute Gasteiger partial charge is 0.396 e. The third kappa shape index (κ3) is 6.39.